The van der Waals surface area contributed by atoms with Crippen molar-refractivity contribution in [2.45, 2.75) is 54.0 Å². The van der Waals surface area contributed by atoms with E-state index in [0.717, 1.165) is 34.9 Å². The average molecular weight is 381 g/mol. The minimum Gasteiger partial charge on any atom is -0.326 e. The van der Waals surface area contributed by atoms with Crippen LogP contribution < -0.4 is 5.32 Å². The lowest BCUT2D eigenvalue weighted by molar-refractivity contribution is -0.116. The largest absolute Gasteiger partial charge is 0.326 e. The van der Waals surface area contributed by atoms with Gasteiger partial charge >= 0.3 is 0 Å². The number of amides is 1. The Morgan fingerprint density at radius 1 is 1.21 bits per heavy atom. The number of benzene rings is 1. The second-order valence-electron chi connectivity index (χ2n) is 7.53. The number of anilines is 1. The maximum Gasteiger partial charge on any atom is 0.224 e. The number of nitrogens with zero attached hydrogens (tertiary/aromatic N) is 6. The zero-order valence-corrected chi connectivity index (χ0v) is 17.1. The molecule has 0 aliphatic heterocycles. The van der Waals surface area contributed by atoms with Crippen LogP contribution in [0.1, 0.15) is 42.8 Å². The van der Waals surface area contributed by atoms with Crippen LogP contribution in [0.25, 0.3) is 5.69 Å². The van der Waals surface area contributed by atoms with Crippen LogP contribution in [0.4, 0.5) is 5.69 Å². The molecule has 2 aromatic heterocycles. The predicted molar refractivity (Wildman–Crippen MR) is 107 cm³/mol. The van der Waals surface area contributed by atoms with Crippen LogP contribution in [-0.4, -0.2) is 35.9 Å². The van der Waals surface area contributed by atoms with E-state index in [2.05, 4.69) is 46.7 Å². The second kappa shape index (κ2) is 8.33. The Morgan fingerprint density at radius 2 is 2.00 bits per heavy atom. The lowest BCUT2D eigenvalue weighted by atomic mass is 10.1. The highest BCUT2D eigenvalue weighted by molar-refractivity contribution is 5.91. The molecule has 3 rings (SSSR count). The van der Waals surface area contributed by atoms with E-state index in [1.165, 1.54) is 5.56 Å². The number of carbonyl (C=O) groups is 1. The van der Waals surface area contributed by atoms with Crippen LogP contribution in [0.5, 0.6) is 0 Å². The lowest BCUT2D eigenvalue weighted by Gasteiger charge is -2.10. The van der Waals surface area contributed by atoms with Gasteiger partial charge in [-0.1, -0.05) is 13.8 Å². The molecule has 28 heavy (non-hydrogen) atoms. The van der Waals surface area contributed by atoms with Crippen LogP contribution in [0.15, 0.2) is 24.5 Å². The van der Waals surface area contributed by atoms with Gasteiger partial charge in [0.05, 0.1) is 11.4 Å². The number of aryl methyl sites for hydroxylation is 2. The van der Waals surface area contributed by atoms with E-state index >= 15 is 0 Å². The molecule has 8 nitrogen and oxygen atoms in total. The summed E-state index contributed by atoms with van der Waals surface area (Å²) in [6.45, 7) is 11.3. The van der Waals surface area contributed by atoms with Crippen molar-refractivity contribution in [3.63, 3.8) is 0 Å². The van der Waals surface area contributed by atoms with Gasteiger partial charge in [0.25, 0.3) is 0 Å². The molecular formula is C20H27N7O. The molecule has 0 aliphatic carbocycles. The lowest BCUT2D eigenvalue weighted by Crippen LogP contribution is -2.13. The van der Waals surface area contributed by atoms with Crippen molar-refractivity contribution < 1.29 is 4.79 Å². The first kappa shape index (κ1) is 19.7. The quantitative estimate of drug-likeness (QED) is 0.679. The molecule has 2 heterocycles. The summed E-state index contributed by atoms with van der Waals surface area (Å²) in [6.07, 6.45) is 2.65. The first-order valence-corrected chi connectivity index (χ1v) is 9.52. The normalized spacial score (nSPS) is 11.2. The SMILES string of the molecule is Cc1cc(NC(=O)CCc2c(C)nn(CC(C)C)c2C)ccc1-n1cnnn1. The van der Waals surface area contributed by atoms with Crippen molar-refractivity contribution in [1.82, 2.24) is 30.0 Å². The topological polar surface area (TPSA) is 90.5 Å². The minimum atomic E-state index is -0.00928. The molecule has 0 spiro atoms. The molecule has 0 bridgehead atoms. The third-order valence-electron chi connectivity index (χ3n) is 4.75. The van der Waals surface area contributed by atoms with Gasteiger partial charge in [0, 0.05) is 24.3 Å². The number of hydrogen-bond acceptors (Lipinski definition) is 5. The fraction of sp³-hybridized carbons (Fsp3) is 0.450. The third-order valence-corrected chi connectivity index (χ3v) is 4.75. The highest BCUT2D eigenvalue weighted by Crippen LogP contribution is 2.19. The van der Waals surface area contributed by atoms with E-state index in [-0.39, 0.29) is 5.91 Å². The van der Waals surface area contributed by atoms with E-state index < -0.39 is 0 Å². The molecule has 0 aliphatic rings. The summed E-state index contributed by atoms with van der Waals surface area (Å²) >= 11 is 0. The Labute approximate surface area is 164 Å². The van der Waals surface area contributed by atoms with E-state index in [0.29, 0.717) is 18.8 Å². The molecule has 0 fully saturated rings. The summed E-state index contributed by atoms with van der Waals surface area (Å²) in [7, 11) is 0. The van der Waals surface area contributed by atoms with Crippen molar-refractivity contribution in [2.24, 2.45) is 5.92 Å². The molecule has 1 amide bonds. The van der Waals surface area contributed by atoms with Gasteiger partial charge in [-0.2, -0.15) is 5.10 Å². The van der Waals surface area contributed by atoms with Crippen molar-refractivity contribution >= 4 is 11.6 Å². The summed E-state index contributed by atoms with van der Waals surface area (Å²) in [4.78, 5) is 12.4. The maximum absolute atomic E-state index is 12.4. The summed E-state index contributed by atoms with van der Waals surface area (Å²) in [5.74, 6) is 0.527. The number of rotatable bonds is 7. The monoisotopic (exact) mass is 381 g/mol. The first-order valence-electron chi connectivity index (χ1n) is 9.52. The van der Waals surface area contributed by atoms with E-state index in [4.69, 9.17) is 0 Å². The number of carbonyl (C=O) groups excluding carboxylic acids is 1. The highest BCUT2D eigenvalue weighted by atomic mass is 16.1. The number of hydrogen-bond donors (Lipinski definition) is 1. The molecule has 8 heteroatoms. The molecule has 148 valence electrons. The Bertz CT molecular complexity index is 957. The van der Waals surface area contributed by atoms with Crippen molar-refractivity contribution in [1.29, 1.82) is 0 Å². The summed E-state index contributed by atoms with van der Waals surface area (Å²) in [5.41, 5.74) is 5.95. The van der Waals surface area contributed by atoms with E-state index in [9.17, 15) is 4.79 Å². The fourth-order valence-corrected chi connectivity index (χ4v) is 3.34. The zero-order valence-electron chi connectivity index (χ0n) is 17.1. The molecule has 0 saturated heterocycles. The molecule has 0 saturated carbocycles. The Hall–Kier alpha value is -3.03. The summed E-state index contributed by atoms with van der Waals surface area (Å²) < 4.78 is 3.65. The van der Waals surface area contributed by atoms with Crippen LogP contribution in [-0.2, 0) is 17.8 Å². The minimum absolute atomic E-state index is 0.00928. The van der Waals surface area contributed by atoms with Gasteiger partial charge in [-0.05, 0) is 72.9 Å². The van der Waals surface area contributed by atoms with Crippen LogP contribution >= 0.6 is 0 Å². The van der Waals surface area contributed by atoms with Gasteiger partial charge < -0.3 is 5.32 Å². The number of aromatic nitrogens is 6. The highest BCUT2D eigenvalue weighted by Gasteiger charge is 2.14. The smallest absolute Gasteiger partial charge is 0.224 e. The zero-order chi connectivity index (χ0) is 20.3. The molecule has 3 aromatic rings. The number of nitrogens with one attached hydrogen (secondary N) is 1. The van der Waals surface area contributed by atoms with Gasteiger partial charge in [-0.3, -0.25) is 9.48 Å². The van der Waals surface area contributed by atoms with Crippen molar-refractivity contribution in [3.8, 4) is 5.69 Å². The van der Waals surface area contributed by atoms with E-state index in [1.807, 2.05) is 36.7 Å². The first-order chi connectivity index (χ1) is 13.3. The summed E-state index contributed by atoms with van der Waals surface area (Å²) in [6, 6.07) is 5.68. The maximum atomic E-state index is 12.4. The van der Waals surface area contributed by atoms with Crippen LogP contribution in [0, 0.1) is 26.7 Å². The van der Waals surface area contributed by atoms with Crippen molar-refractivity contribution in [2.75, 3.05) is 5.32 Å². The average Bonchev–Trinajstić information content (AvgIpc) is 3.23. The molecular weight excluding hydrogens is 354 g/mol. The van der Waals surface area contributed by atoms with Gasteiger partial charge in [-0.15, -0.1) is 5.10 Å². The van der Waals surface area contributed by atoms with Crippen molar-refractivity contribution in [3.05, 3.63) is 47.0 Å². The molecule has 1 aromatic carbocycles. The fourth-order valence-electron chi connectivity index (χ4n) is 3.34. The molecule has 0 radical (unpaired) electrons. The van der Waals surface area contributed by atoms with E-state index in [1.54, 1.807) is 11.0 Å². The van der Waals surface area contributed by atoms with Gasteiger partial charge in [0.1, 0.15) is 6.33 Å². The molecule has 0 unspecified atom stereocenters. The van der Waals surface area contributed by atoms with Gasteiger partial charge in [0.2, 0.25) is 5.91 Å². The Kier molecular flexibility index (Phi) is 5.87. The predicted octanol–water partition coefficient (Wildman–Crippen LogP) is 3.01. The van der Waals surface area contributed by atoms with Crippen LogP contribution in [0.3, 0.4) is 0 Å². The second-order valence-corrected chi connectivity index (χ2v) is 7.53. The van der Waals surface area contributed by atoms with Crippen LogP contribution in [0.2, 0.25) is 0 Å². The standard InChI is InChI=1S/C20H27N7O/c1-13(2)11-26-16(5)18(15(4)23-26)7-9-20(28)22-17-6-8-19(14(3)10-17)27-12-21-24-25-27/h6,8,10,12-13H,7,9,11H2,1-5H3,(H,22,28). The Balaban J connectivity index is 1.62. The molecule has 1 N–H and O–H groups in total. The van der Waals surface area contributed by atoms with Gasteiger partial charge in [-0.25, -0.2) is 4.68 Å². The number of tetrazole rings is 1. The Morgan fingerprint density at radius 3 is 2.64 bits per heavy atom. The summed E-state index contributed by atoms with van der Waals surface area (Å²) in [5, 5.41) is 18.8. The molecule has 0 atom stereocenters. The van der Waals surface area contributed by atoms with Gasteiger partial charge in [0.15, 0.2) is 0 Å². The third kappa shape index (κ3) is 4.44.